The first-order valence-electron chi connectivity index (χ1n) is 4.51. The predicted molar refractivity (Wildman–Crippen MR) is 61.6 cm³/mol. The van der Waals surface area contributed by atoms with Crippen molar-refractivity contribution in [2.45, 2.75) is 6.92 Å². The van der Waals surface area contributed by atoms with Gasteiger partial charge < -0.3 is 5.73 Å². The molecule has 0 amide bonds. The Hall–Kier alpha value is -1.61. The smallest absolute Gasteiger partial charge is 0.116 e. The topological polar surface area (TPSA) is 51.8 Å². The molecule has 0 fully saturated rings. The van der Waals surface area contributed by atoms with Gasteiger partial charge in [-0.05, 0) is 31.2 Å². The van der Waals surface area contributed by atoms with Gasteiger partial charge in [0.1, 0.15) is 6.33 Å². The SMILES string of the molecule is Cc1cc(-c2ccc(N)cc2Cl)ncn1. The maximum absolute atomic E-state index is 6.08. The van der Waals surface area contributed by atoms with E-state index in [0.29, 0.717) is 10.7 Å². The van der Waals surface area contributed by atoms with E-state index in [2.05, 4.69) is 9.97 Å². The average Bonchev–Trinajstić information content (AvgIpc) is 2.17. The second-order valence-electron chi connectivity index (χ2n) is 3.28. The first kappa shape index (κ1) is 9.93. The molecule has 0 radical (unpaired) electrons. The molecule has 1 heterocycles. The number of aromatic nitrogens is 2. The molecule has 15 heavy (non-hydrogen) atoms. The lowest BCUT2D eigenvalue weighted by molar-refractivity contribution is 1.11. The number of anilines is 1. The zero-order chi connectivity index (χ0) is 10.8. The summed E-state index contributed by atoms with van der Waals surface area (Å²) < 4.78 is 0. The Morgan fingerprint density at radius 2 is 2.00 bits per heavy atom. The second-order valence-corrected chi connectivity index (χ2v) is 3.69. The molecule has 1 aromatic carbocycles. The van der Waals surface area contributed by atoms with Crippen LogP contribution >= 0.6 is 11.6 Å². The van der Waals surface area contributed by atoms with Crippen LogP contribution < -0.4 is 5.73 Å². The molecule has 0 aliphatic carbocycles. The van der Waals surface area contributed by atoms with E-state index in [-0.39, 0.29) is 0 Å². The third kappa shape index (κ3) is 2.07. The lowest BCUT2D eigenvalue weighted by atomic mass is 10.1. The zero-order valence-corrected chi connectivity index (χ0v) is 8.99. The van der Waals surface area contributed by atoms with Crippen molar-refractivity contribution < 1.29 is 0 Å². The first-order valence-corrected chi connectivity index (χ1v) is 4.88. The normalized spacial score (nSPS) is 10.3. The van der Waals surface area contributed by atoms with Crippen LogP contribution in [0.3, 0.4) is 0 Å². The van der Waals surface area contributed by atoms with Crippen LogP contribution in [0.1, 0.15) is 5.69 Å². The number of nitrogen functional groups attached to an aromatic ring is 1. The Labute approximate surface area is 92.9 Å². The summed E-state index contributed by atoms with van der Waals surface area (Å²) >= 11 is 6.08. The molecule has 0 atom stereocenters. The van der Waals surface area contributed by atoms with Crippen molar-refractivity contribution in [1.82, 2.24) is 9.97 Å². The summed E-state index contributed by atoms with van der Waals surface area (Å²) in [6.07, 6.45) is 1.53. The first-order chi connectivity index (χ1) is 7.16. The number of rotatable bonds is 1. The Morgan fingerprint density at radius 3 is 2.67 bits per heavy atom. The summed E-state index contributed by atoms with van der Waals surface area (Å²) in [4.78, 5) is 8.20. The maximum atomic E-state index is 6.08. The van der Waals surface area contributed by atoms with Gasteiger partial charge in [-0.25, -0.2) is 9.97 Å². The van der Waals surface area contributed by atoms with Crippen molar-refractivity contribution in [3.63, 3.8) is 0 Å². The minimum atomic E-state index is 0.605. The molecule has 4 heteroatoms. The van der Waals surface area contributed by atoms with Crippen molar-refractivity contribution in [2.24, 2.45) is 0 Å². The van der Waals surface area contributed by atoms with Gasteiger partial charge in [0.25, 0.3) is 0 Å². The van der Waals surface area contributed by atoms with Crippen LogP contribution in [0, 0.1) is 6.92 Å². The van der Waals surface area contributed by atoms with E-state index in [9.17, 15) is 0 Å². The van der Waals surface area contributed by atoms with Gasteiger partial charge in [0.05, 0.1) is 10.7 Å². The van der Waals surface area contributed by atoms with E-state index >= 15 is 0 Å². The van der Waals surface area contributed by atoms with Crippen molar-refractivity contribution in [3.05, 3.63) is 41.3 Å². The van der Waals surface area contributed by atoms with Gasteiger partial charge in [0.15, 0.2) is 0 Å². The predicted octanol–water partition coefficient (Wildman–Crippen LogP) is 2.69. The third-order valence-corrected chi connectivity index (χ3v) is 2.39. The summed E-state index contributed by atoms with van der Waals surface area (Å²) in [5.74, 6) is 0. The molecular formula is C11H10ClN3. The summed E-state index contributed by atoms with van der Waals surface area (Å²) in [5, 5.41) is 0.605. The lowest BCUT2D eigenvalue weighted by Crippen LogP contribution is -1.90. The second kappa shape index (κ2) is 3.87. The number of halogens is 1. The quantitative estimate of drug-likeness (QED) is 0.751. The Morgan fingerprint density at radius 1 is 1.20 bits per heavy atom. The van der Waals surface area contributed by atoms with E-state index < -0.39 is 0 Å². The molecule has 3 nitrogen and oxygen atoms in total. The van der Waals surface area contributed by atoms with E-state index in [0.717, 1.165) is 17.0 Å². The molecule has 0 spiro atoms. The van der Waals surface area contributed by atoms with Gasteiger partial charge in [-0.1, -0.05) is 11.6 Å². The van der Waals surface area contributed by atoms with E-state index in [1.54, 1.807) is 12.1 Å². The molecule has 2 N–H and O–H groups in total. The lowest BCUT2D eigenvalue weighted by Gasteiger charge is -2.04. The zero-order valence-electron chi connectivity index (χ0n) is 8.24. The fraction of sp³-hybridized carbons (Fsp3) is 0.0909. The molecule has 0 saturated carbocycles. The highest BCUT2D eigenvalue weighted by Gasteiger charge is 2.05. The molecule has 0 bridgehead atoms. The third-order valence-electron chi connectivity index (χ3n) is 2.07. The van der Waals surface area contributed by atoms with Crippen LogP contribution in [-0.2, 0) is 0 Å². The van der Waals surface area contributed by atoms with Crippen LogP contribution in [0.25, 0.3) is 11.3 Å². The molecular weight excluding hydrogens is 210 g/mol. The summed E-state index contributed by atoms with van der Waals surface area (Å²) in [6.45, 7) is 1.91. The number of hydrogen-bond acceptors (Lipinski definition) is 3. The van der Waals surface area contributed by atoms with Gasteiger partial charge in [0, 0.05) is 16.9 Å². The van der Waals surface area contributed by atoms with Crippen LogP contribution in [0.2, 0.25) is 5.02 Å². The Balaban J connectivity index is 2.54. The van der Waals surface area contributed by atoms with Crippen LogP contribution in [0.15, 0.2) is 30.6 Å². The monoisotopic (exact) mass is 219 g/mol. The number of hydrogen-bond donors (Lipinski definition) is 1. The van der Waals surface area contributed by atoms with Crippen LogP contribution in [-0.4, -0.2) is 9.97 Å². The summed E-state index contributed by atoms with van der Waals surface area (Å²) in [5.41, 5.74) is 8.86. The fourth-order valence-electron chi connectivity index (χ4n) is 1.34. The number of nitrogens with two attached hydrogens (primary N) is 1. The van der Waals surface area contributed by atoms with Crippen LogP contribution in [0.5, 0.6) is 0 Å². The largest absolute Gasteiger partial charge is 0.399 e. The minimum absolute atomic E-state index is 0.605. The highest BCUT2D eigenvalue weighted by molar-refractivity contribution is 6.33. The number of benzene rings is 1. The van der Waals surface area contributed by atoms with E-state index in [4.69, 9.17) is 17.3 Å². The van der Waals surface area contributed by atoms with Gasteiger partial charge >= 0.3 is 0 Å². The molecule has 76 valence electrons. The number of nitrogens with zero attached hydrogens (tertiary/aromatic N) is 2. The summed E-state index contributed by atoms with van der Waals surface area (Å²) in [7, 11) is 0. The van der Waals surface area contributed by atoms with Gasteiger partial charge in [-0.3, -0.25) is 0 Å². The molecule has 0 saturated heterocycles. The van der Waals surface area contributed by atoms with E-state index in [1.807, 2.05) is 19.1 Å². The average molecular weight is 220 g/mol. The van der Waals surface area contributed by atoms with Crippen molar-refractivity contribution >= 4 is 17.3 Å². The Bertz CT molecular complexity index is 497. The molecule has 0 aliphatic rings. The van der Waals surface area contributed by atoms with Crippen LogP contribution in [0.4, 0.5) is 5.69 Å². The van der Waals surface area contributed by atoms with Crippen molar-refractivity contribution in [3.8, 4) is 11.3 Å². The highest BCUT2D eigenvalue weighted by atomic mass is 35.5. The minimum Gasteiger partial charge on any atom is -0.399 e. The van der Waals surface area contributed by atoms with Gasteiger partial charge in [-0.15, -0.1) is 0 Å². The molecule has 1 aromatic heterocycles. The summed E-state index contributed by atoms with van der Waals surface area (Å²) in [6, 6.07) is 7.27. The Kier molecular flexibility index (Phi) is 2.56. The standard InChI is InChI=1S/C11H10ClN3/c1-7-4-11(15-6-14-7)9-3-2-8(13)5-10(9)12/h2-6H,13H2,1H3. The fourth-order valence-corrected chi connectivity index (χ4v) is 1.63. The maximum Gasteiger partial charge on any atom is 0.116 e. The molecule has 2 rings (SSSR count). The molecule has 0 aliphatic heterocycles. The van der Waals surface area contributed by atoms with Crippen molar-refractivity contribution in [2.75, 3.05) is 5.73 Å². The highest BCUT2D eigenvalue weighted by Crippen LogP contribution is 2.27. The molecule has 0 unspecified atom stereocenters. The van der Waals surface area contributed by atoms with Gasteiger partial charge in [-0.2, -0.15) is 0 Å². The van der Waals surface area contributed by atoms with Gasteiger partial charge in [0.2, 0.25) is 0 Å². The number of aryl methyl sites for hydroxylation is 1. The van der Waals surface area contributed by atoms with Crippen molar-refractivity contribution in [1.29, 1.82) is 0 Å². The van der Waals surface area contributed by atoms with E-state index in [1.165, 1.54) is 6.33 Å². The molecule has 2 aromatic rings.